The molecule has 1 fully saturated rings. The molecule has 0 aromatic carbocycles. The number of carbonyl (C=O) groups is 2. The van der Waals surface area contributed by atoms with Crippen LogP contribution >= 0.6 is 0 Å². The van der Waals surface area contributed by atoms with Crippen molar-refractivity contribution in [2.75, 3.05) is 27.2 Å². The number of carboxylic acids is 1. The quantitative estimate of drug-likeness (QED) is 0.574. The number of carbonyl (C=O) groups excluding carboxylic acids is 1. The van der Waals surface area contributed by atoms with Crippen LogP contribution in [0, 0.1) is 23.7 Å². The summed E-state index contributed by atoms with van der Waals surface area (Å²) in [7, 11) is 3.79. The van der Waals surface area contributed by atoms with Gasteiger partial charge in [-0.15, -0.1) is 0 Å². The fourth-order valence-electron chi connectivity index (χ4n) is 2.91. The second kappa shape index (κ2) is 5.10. The molecule has 2 bridgehead atoms. The molecule has 0 spiro atoms. The first-order valence-electron chi connectivity index (χ1n) is 6.23. The lowest BCUT2D eigenvalue weighted by Crippen LogP contribution is -2.35. The molecule has 2 aliphatic rings. The van der Waals surface area contributed by atoms with Gasteiger partial charge in [0.1, 0.15) is 6.61 Å². The summed E-state index contributed by atoms with van der Waals surface area (Å²) in [5.74, 6) is -2.31. The zero-order valence-electron chi connectivity index (χ0n) is 10.7. The Hall–Kier alpha value is -1.36. The lowest BCUT2D eigenvalue weighted by atomic mass is 9.83. The minimum absolute atomic E-state index is 0.00102. The van der Waals surface area contributed by atoms with Gasteiger partial charge in [0.25, 0.3) is 0 Å². The molecular weight excluding hydrogens is 234 g/mol. The van der Waals surface area contributed by atoms with Gasteiger partial charge in [-0.3, -0.25) is 9.59 Å². The van der Waals surface area contributed by atoms with Crippen LogP contribution < -0.4 is 0 Å². The van der Waals surface area contributed by atoms with Gasteiger partial charge in [0.2, 0.25) is 0 Å². The molecule has 4 atom stereocenters. The summed E-state index contributed by atoms with van der Waals surface area (Å²) >= 11 is 0. The van der Waals surface area contributed by atoms with Gasteiger partial charge in [-0.05, 0) is 32.4 Å². The number of fused-ring (bicyclic) bond motifs is 2. The maximum absolute atomic E-state index is 12.0. The summed E-state index contributed by atoms with van der Waals surface area (Å²) in [6.45, 7) is 0.968. The molecule has 2 aliphatic carbocycles. The number of hydrogen-bond acceptors (Lipinski definition) is 4. The van der Waals surface area contributed by atoms with Gasteiger partial charge in [-0.25, -0.2) is 0 Å². The number of likely N-dealkylation sites (N-methyl/N-ethyl adjacent to an activating group) is 1. The van der Waals surface area contributed by atoms with E-state index in [1.54, 1.807) is 0 Å². The van der Waals surface area contributed by atoms with Gasteiger partial charge in [0, 0.05) is 6.54 Å². The van der Waals surface area contributed by atoms with Crippen molar-refractivity contribution in [1.82, 2.24) is 4.90 Å². The van der Waals surface area contributed by atoms with Crippen LogP contribution in [0.4, 0.5) is 0 Å². The normalized spacial score (nSPS) is 33.1. The Morgan fingerprint density at radius 1 is 1.28 bits per heavy atom. The van der Waals surface area contributed by atoms with Crippen LogP contribution in [0.15, 0.2) is 12.2 Å². The van der Waals surface area contributed by atoms with E-state index in [1.807, 2.05) is 31.1 Å². The molecule has 0 saturated heterocycles. The number of nitrogens with zero attached hydrogens (tertiary/aromatic N) is 1. The van der Waals surface area contributed by atoms with Crippen molar-refractivity contribution < 1.29 is 19.4 Å². The molecule has 0 aliphatic heterocycles. The Morgan fingerprint density at radius 3 is 2.44 bits per heavy atom. The van der Waals surface area contributed by atoms with Gasteiger partial charge < -0.3 is 14.7 Å². The minimum Gasteiger partial charge on any atom is -0.481 e. The summed E-state index contributed by atoms with van der Waals surface area (Å²) in [6.07, 6.45) is 4.65. The number of hydrogen-bond donors (Lipinski definition) is 1. The molecule has 0 heterocycles. The second-order valence-corrected chi connectivity index (χ2v) is 5.31. The Bertz CT molecular complexity index is 377. The van der Waals surface area contributed by atoms with E-state index in [-0.39, 0.29) is 17.8 Å². The molecule has 1 saturated carbocycles. The molecule has 5 heteroatoms. The molecule has 100 valence electrons. The molecule has 2 rings (SSSR count). The van der Waals surface area contributed by atoms with Crippen LogP contribution in [-0.4, -0.2) is 49.2 Å². The van der Waals surface area contributed by atoms with Crippen LogP contribution in [0.3, 0.4) is 0 Å². The standard InChI is InChI=1S/C13H19NO4/c1-14(2)5-6-18-13(17)11-9-4-3-8(7-9)10(11)12(15)16/h3-4,8-11H,5-7H2,1-2H3,(H,15,16). The van der Waals surface area contributed by atoms with Crippen LogP contribution in [-0.2, 0) is 14.3 Å². The molecule has 0 amide bonds. The number of ether oxygens (including phenoxy) is 1. The van der Waals surface area contributed by atoms with E-state index in [0.29, 0.717) is 13.2 Å². The van der Waals surface area contributed by atoms with Crippen molar-refractivity contribution in [3.63, 3.8) is 0 Å². The van der Waals surface area contributed by atoms with Gasteiger partial charge in [-0.2, -0.15) is 0 Å². The van der Waals surface area contributed by atoms with Crippen molar-refractivity contribution in [1.29, 1.82) is 0 Å². The maximum Gasteiger partial charge on any atom is 0.310 e. The van der Waals surface area contributed by atoms with Crippen LogP contribution in [0.5, 0.6) is 0 Å². The fourth-order valence-corrected chi connectivity index (χ4v) is 2.91. The summed E-state index contributed by atoms with van der Waals surface area (Å²) in [5.41, 5.74) is 0. The minimum atomic E-state index is -0.888. The number of aliphatic carboxylic acids is 1. The zero-order valence-corrected chi connectivity index (χ0v) is 10.7. The third-order valence-corrected chi connectivity index (χ3v) is 3.80. The van der Waals surface area contributed by atoms with E-state index in [2.05, 4.69) is 0 Å². The van der Waals surface area contributed by atoms with E-state index in [0.717, 1.165) is 6.42 Å². The van der Waals surface area contributed by atoms with Crippen molar-refractivity contribution in [2.24, 2.45) is 23.7 Å². The average molecular weight is 253 g/mol. The van der Waals surface area contributed by atoms with Gasteiger partial charge >= 0.3 is 11.9 Å². The Balaban J connectivity index is 1.96. The molecule has 0 aromatic rings. The number of rotatable bonds is 5. The largest absolute Gasteiger partial charge is 0.481 e. The third-order valence-electron chi connectivity index (χ3n) is 3.80. The maximum atomic E-state index is 12.0. The van der Waals surface area contributed by atoms with Gasteiger partial charge in [-0.1, -0.05) is 12.2 Å². The van der Waals surface area contributed by atoms with E-state index < -0.39 is 17.8 Å². The van der Waals surface area contributed by atoms with Crippen molar-refractivity contribution in [3.05, 3.63) is 12.2 Å². The highest BCUT2D eigenvalue weighted by atomic mass is 16.5. The van der Waals surface area contributed by atoms with Gasteiger partial charge in [0.15, 0.2) is 0 Å². The summed E-state index contributed by atoms with van der Waals surface area (Å²) in [5, 5.41) is 9.22. The SMILES string of the molecule is CN(C)CCOC(=O)C1C2C=CC(C2)C1C(=O)O. The highest BCUT2D eigenvalue weighted by Gasteiger charge is 2.52. The molecule has 0 radical (unpaired) electrons. The van der Waals surface area contributed by atoms with Crippen LogP contribution in [0.2, 0.25) is 0 Å². The zero-order chi connectivity index (χ0) is 13.3. The topological polar surface area (TPSA) is 66.8 Å². The summed E-state index contributed by atoms with van der Waals surface area (Å²) < 4.78 is 5.19. The fraction of sp³-hybridized carbons (Fsp3) is 0.692. The highest BCUT2D eigenvalue weighted by Crippen LogP contribution is 2.48. The number of esters is 1. The Labute approximate surface area is 106 Å². The van der Waals surface area contributed by atoms with Crippen molar-refractivity contribution in [3.8, 4) is 0 Å². The lowest BCUT2D eigenvalue weighted by molar-refractivity contribution is -0.158. The van der Waals surface area contributed by atoms with Crippen LogP contribution in [0.1, 0.15) is 6.42 Å². The number of allylic oxidation sites excluding steroid dienone is 2. The highest BCUT2D eigenvalue weighted by molar-refractivity contribution is 5.83. The molecule has 4 unspecified atom stereocenters. The lowest BCUT2D eigenvalue weighted by Gasteiger charge is -2.23. The average Bonchev–Trinajstić information content (AvgIpc) is 2.87. The first-order chi connectivity index (χ1) is 8.50. The summed E-state index contributed by atoms with van der Waals surface area (Å²) in [4.78, 5) is 25.2. The van der Waals surface area contributed by atoms with E-state index in [1.165, 1.54) is 0 Å². The van der Waals surface area contributed by atoms with Crippen molar-refractivity contribution in [2.45, 2.75) is 6.42 Å². The first kappa shape index (κ1) is 13.1. The second-order valence-electron chi connectivity index (χ2n) is 5.31. The van der Waals surface area contributed by atoms with Crippen molar-refractivity contribution >= 4 is 11.9 Å². The predicted octanol–water partition coefficient (Wildman–Crippen LogP) is 0.614. The first-order valence-corrected chi connectivity index (χ1v) is 6.23. The van der Waals surface area contributed by atoms with Gasteiger partial charge in [0.05, 0.1) is 11.8 Å². The van der Waals surface area contributed by atoms with E-state index >= 15 is 0 Å². The van der Waals surface area contributed by atoms with E-state index in [9.17, 15) is 14.7 Å². The predicted molar refractivity (Wildman–Crippen MR) is 64.9 cm³/mol. The molecular formula is C13H19NO4. The Morgan fingerprint density at radius 2 is 1.89 bits per heavy atom. The molecule has 1 N–H and O–H groups in total. The third kappa shape index (κ3) is 2.41. The smallest absolute Gasteiger partial charge is 0.310 e. The monoisotopic (exact) mass is 253 g/mol. The molecule has 5 nitrogen and oxygen atoms in total. The van der Waals surface area contributed by atoms with Crippen LogP contribution in [0.25, 0.3) is 0 Å². The molecule has 0 aromatic heterocycles. The molecule has 18 heavy (non-hydrogen) atoms. The number of carboxylic acid groups (broad SMARTS) is 1. The van der Waals surface area contributed by atoms with E-state index in [4.69, 9.17) is 4.74 Å². The summed E-state index contributed by atoms with van der Waals surface area (Å²) in [6, 6.07) is 0. The Kier molecular flexibility index (Phi) is 3.71.